The monoisotopic (exact) mass is 235 g/mol. The van der Waals surface area contributed by atoms with Gasteiger partial charge in [0.15, 0.2) is 0 Å². The fourth-order valence-corrected chi connectivity index (χ4v) is 1.90. The van der Waals surface area contributed by atoms with Gasteiger partial charge in [-0.25, -0.2) is 4.79 Å². The Morgan fingerprint density at radius 1 is 1.59 bits per heavy atom. The van der Waals surface area contributed by atoms with Crippen molar-refractivity contribution in [3.05, 3.63) is 29.8 Å². The summed E-state index contributed by atoms with van der Waals surface area (Å²) < 4.78 is 0. The van der Waals surface area contributed by atoms with Gasteiger partial charge >= 0.3 is 6.03 Å². The predicted octanol–water partition coefficient (Wildman–Crippen LogP) is 0.744. The van der Waals surface area contributed by atoms with Crippen molar-refractivity contribution < 1.29 is 9.90 Å². The summed E-state index contributed by atoms with van der Waals surface area (Å²) >= 11 is 0. The van der Waals surface area contributed by atoms with E-state index in [9.17, 15) is 9.90 Å². The minimum atomic E-state index is -0.392. The summed E-state index contributed by atoms with van der Waals surface area (Å²) in [5, 5.41) is 12.2. The van der Waals surface area contributed by atoms with Crippen LogP contribution in [0.25, 0.3) is 0 Å². The van der Waals surface area contributed by atoms with Crippen molar-refractivity contribution in [1.29, 1.82) is 0 Å². The number of likely N-dealkylation sites (tertiary alicyclic amines) is 1. The molecule has 0 saturated carbocycles. The highest BCUT2D eigenvalue weighted by atomic mass is 16.3. The van der Waals surface area contributed by atoms with E-state index in [1.54, 1.807) is 4.90 Å². The first-order valence-electron chi connectivity index (χ1n) is 5.72. The molecule has 1 aromatic carbocycles. The summed E-state index contributed by atoms with van der Waals surface area (Å²) in [6.07, 6.45) is 0.257. The number of benzene rings is 1. The molecule has 1 aliphatic heterocycles. The normalized spacial score (nSPS) is 19.4. The van der Waals surface area contributed by atoms with Crippen molar-refractivity contribution in [2.75, 3.05) is 18.4 Å². The van der Waals surface area contributed by atoms with E-state index in [1.165, 1.54) is 0 Å². The van der Waals surface area contributed by atoms with Gasteiger partial charge in [0.05, 0.1) is 6.10 Å². The standard InChI is InChI=1S/C12H17N3O2/c13-7-9-2-1-3-10(6-9)14-12(17)15-5-4-11(16)8-15/h1-3,6,11,16H,4-5,7-8,13H2,(H,14,17). The maximum Gasteiger partial charge on any atom is 0.321 e. The Labute approximate surface area is 100 Å². The molecule has 1 unspecified atom stereocenters. The number of nitrogens with one attached hydrogen (secondary N) is 1. The van der Waals surface area contributed by atoms with Gasteiger partial charge in [0.2, 0.25) is 0 Å². The molecule has 1 aromatic rings. The average Bonchev–Trinajstić information content (AvgIpc) is 2.76. The summed E-state index contributed by atoms with van der Waals surface area (Å²) in [6, 6.07) is 7.27. The fraction of sp³-hybridized carbons (Fsp3) is 0.417. The number of rotatable bonds is 2. The van der Waals surface area contributed by atoms with Crippen LogP contribution in [0, 0.1) is 0 Å². The Hall–Kier alpha value is -1.59. The smallest absolute Gasteiger partial charge is 0.321 e. The van der Waals surface area contributed by atoms with E-state index < -0.39 is 6.10 Å². The molecule has 2 rings (SSSR count). The Kier molecular flexibility index (Phi) is 3.61. The van der Waals surface area contributed by atoms with Crippen molar-refractivity contribution in [2.24, 2.45) is 5.73 Å². The van der Waals surface area contributed by atoms with Crippen LogP contribution in [0.4, 0.5) is 10.5 Å². The number of nitrogens with zero attached hydrogens (tertiary/aromatic N) is 1. The van der Waals surface area contributed by atoms with Gasteiger partial charge in [-0.2, -0.15) is 0 Å². The lowest BCUT2D eigenvalue weighted by Gasteiger charge is -2.16. The Morgan fingerprint density at radius 3 is 3.06 bits per heavy atom. The second-order valence-electron chi connectivity index (χ2n) is 4.22. The lowest BCUT2D eigenvalue weighted by atomic mass is 10.2. The van der Waals surface area contributed by atoms with Crippen molar-refractivity contribution in [1.82, 2.24) is 4.90 Å². The maximum absolute atomic E-state index is 11.8. The number of aliphatic hydroxyl groups excluding tert-OH is 1. The highest BCUT2D eigenvalue weighted by Crippen LogP contribution is 2.14. The number of hydrogen-bond donors (Lipinski definition) is 3. The van der Waals surface area contributed by atoms with Gasteiger partial charge in [0, 0.05) is 25.3 Å². The SMILES string of the molecule is NCc1cccc(NC(=O)N2CCC(O)C2)c1. The van der Waals surface area contributed by atoms with Crippen molar-refractivity contribution >= 4 is 11.7 Å². The number of amides is 2. The molecule has 1 heterocycles. The van der Waals surface area contributed by atoms with E-state index in [0.717, 1.165) is 11.3 Å². The molecule has 1 fully saturated rings. The third-order valence-corrected chi connectivity index (χ3v) is 2.86. The fourth-order valence-electron chi connectivity index (χ4n) is 1.90. The number of β-amino-alcohol motifs (C(OH)–C–C–N with tert-alkyl or cyclic N) is 1. The quantitative estimate of drug-likeness (QED) is 0.707. The lowest BCUT2D eigenvalue weighted by Crippen LogP contribution is -2.33. The lowest BCUT2D eigenvalue weighted by molar-refractivity contribution is 0.176. The van der Waals surface area contributed by atoms with Gasteiger partial charge in [-0.3, -0.25) is 0 Å². The Bertz CT molecular complexity index is 408. The molecule has 0 spiro atoms. The molecule has 4 N–H and O–H groups in total. The van der Waals surface area contributed by atoms with Crippen LogP contribution >= 0.6 is 0 Å². The molecule has 0 aromatic heterocycles. The molecule has 92 valence electrons. The second kappa shape index (κ2) is 5.16. The third-order valence-electron chi connectivity index (χ3n) is 2.86. The highest BCUT2D eigenvalue weighted by molar-refractivity contribution is 5.89. The van der Waals surface area contributed by atoms with Crippen LogP contribution in [-0.2, 0) is 6.54 Å². The molecule has 2 amide bonds. The van der Waals surface area contributed by atoms with Crippen LogP contribution < -0.4 is 11.1 Å². The molecule has 17 heavy (non-hydrogen) atoms. The van der Waals surface area contributed by atoms with Crippen LogP contribution in [0.15, 0.2) is 24.3 Å². The summed E-state index contributed by atoms with van der Waals surface area (Å²) in [5.74, 6) is 0. The summed E-state index contributed by atoms with van der Waals surface area (Å²) in [4.78, 5) is 13.4. The number of carbonyl (C=O) groups is 1. The zero-order chi connectivity index (χ0) is 12.3. The number of nitrogens with two attached hydrogens (primary N) is 1. The predicted molar refractivity (Wildman–Crippen MR) is 65.5 cm³/mol. The van der Waals surface area contributed by atoms with E-state index in [0.29, 0.717) is 26.1 Å². The van der Waals surface area contributed by atoms with Crippen LogP contribution in [0.1, 0.15) is 12.0 Å². The van der Waals surface area contributed by atoms with Gasteiger partial charge in [-0.15, -0.1) is 0 Å². The van der Waals surface area contributed by atoms with E-state index in [4.69, 9.17) is 5.73 Å². The first-order chi connectivity index (χ1) is 8.19. The van der Waals surface area contributed by atoms with Crippen molar-refractivity contribution in [2.45, 2.75) is 19.1 Å². The summed E-state index contributed by atoms with van der Waals surface area (Å²) in [6.45, 7) is 1.46. The van der Waals surface area contributed by atoms with Crippen LogP contribution in [0.5, 0.6) is 0 Å². The molecular weight excluding hydrogens is 218 g/mol. The molecule has 1 atom stereocenters. The number of carbonyl (C=O) groups excluding carboxylic acids is 1. The van der Waals surface area contributed by atoms with Crippen molar-refractivity contribution in [3.63, 3.8) is 0 Å². The third kappa shape index (κ3) is 2.95. The molecule has 0 radical (unpaired) electrons. The van der Waals surface area contributed by atoms with Gasteiger partial charge in [0.1, 0.15) is 0 Å². The number of hydrogen-bond acceptors (Lipinski definition) is 3. The van der Waals surface area contributed by atoms with E-state index in [1.807, 2.05) is 24.3 Å². The summed E-state index contributed by atoms with van der Waals surface area (Å²) in [5.41, 5.74) is 7.25. The zero-order valence-electron chi connectivity index (χ0n) is 9.60. The first kappa shape index (κ1) is 11.9. The van der Waals surface area contributed by atoms with Gasteiger partial charge in [-0.1, -0.05) is 12.1 Å². The molecule has 5 nitrogen and oxygen atoms in total. The molecule has 0 bridgehead atoms. The Morgan fingerprint density at radius 2 is 2.41 bits per heavy atom. The minimum absolute atomic E-state index is 0.171. The molecule has 1 aliphatic rings. The average molecular weight is 235 g/mol. The van der Waals surface area contributed by atoms with E-state index in [2.05, 4.69) is 5.32 Å². The maximum atomic E-state index is 11.8. The topological polar surface area (TPSA) is 78.6 Å². The van der Waals surface area contributed by atoms with Crippen LogP contribution in [0.3, 0.4) is 0 Å². The molecule has 0 aliphatic carbocycles. The van der Waals surface area contributed by atoms with E-state index >= 15 is 0 Å². The number of urea groups is 1. The van der Waals surface area contributed by atoms with Crippen molar-refractivity contribution in [3.8, 4) is 0 Å². The molecule has 1 saturated heterocycles. The van der Waals surface area contributed by atoms with Gasteiger partial charge < -0.3 is 21.1 Å². The van der Waals surface area contributed by atoms with Gasteiger partial charge in [0.25, 0.3) is 0 Å². The molecule has 5 heteroatoms. The number of aliphatic hydroxyl groups is 1. The number of anilines is 1. The molecular formula is C12H17N3O2. The Balaban J connectivity index is 1.98. The van der Waals surface area contributed by atoms with Crippen LogP contribution in [-0.4, -0.2) is 35.2 Å². The minimum Gasteiger partial charge on any atom is -0.391 e. The summed E-state index contributed by atoms with van der Waals surface area (Å²) in [7, 11) is 0. The largest absolute Gasteiger partial charge is 0.391 e. The highest BCUT2D eigenvalue weighted by Gasteiger charge is 2.24. The van der Waals surface area contributed by atoms with Crippen LogP contribution in [0.2, 0.25) is 0 Å². The van der Waals surface area contributed by atoms with Gasteiger partial charge in [-0.05, 0) is 24.1 Å². The first-order valence-corrected chi connectivity index (χ1v) is 5.72. The second-order valence-corrected chi connectivity index (χ2v) is 4.22. The zero-order valence-corrected chi connectivity index (χ0v) is 9.60. The van der Waals surface area contributed by atoms with E-state index in [-0.39, 0.29) is 6.03 Å².